The summed E-state index contributed by atoms with van der Waals surface area (Å²) in [4.78, 5) is 0. The highest BCUT2D eigenvalue weighted by Gasteiger charge is 1.98. The summed E-state index contributed by atoms with van der Waals surface area (Å²) in [6, 6.07) is 4.18. The molecule has 0 saturated carbocycles. The Morgan fingerprint density at radius 3 is 2.27 bits per heavy atom. The van der Waals surface area contributed by atoms with Crippen LogP contribution in [-0.4, -0.2) is 12.2 Å². The van der Waals surface area contributed by atoms with Crippen LogP contribution in [0.3, 0.4) is 0 Å². The van der Waals surface area contributed by atoms with Crippen LogP contribution in [0.5, 0.6) is 0 Å². The lowest BCUT2D eigenvalue weighted by Crippen LogP contribution is -2.21. The van der Waals surface area contributed by atoms with E-state index in [1.165, 1.54) is 11.1 Å². The topological polar surface area (TPSA) is 76.8 Å². The Labute approximate surface area is 89.7 Å². The van der Waals surface area contributed by atoms with Gasteiger partial charge >= 0.3 is 0 Å². The number of aryl methyl sites for hydroxylation is 3. The summed E-state index contributed by atoms with van der Waals surface area (Å²) < 4.78 is 0. The second-order valence-corrected chi connectivity index (χ2v) is 3.56. The number of nitrogens with zero attached hydrogens (tertiary/aromatic N) is 2. The van der Waals surface area contributed by atoms with Crippen molar-refractivity contribution in [3.8, 4) is 0 Å². The standard InChI is InChI=1S/C11H16N4/c1-7-4-9(3)10(5-8(7)2)6-14-15-11(12)13/h4-6H,1-3H3,(H4,12,13,15)/b14-6-. The Morgan fingerprint density at radius 2 is 1.67 bits per heavy atom. The molecule has 0 aliphatic carbocycles. The van der Waals surface area contributed by atoms with E-state index in [0.29, 0.717) is 0 Å². The molecule has 0 saturated heterocycles. The molecule has 0 unspecified atom stereocenters. The molecule has 0 atom stereocenters. The molecule has 4 N–H and O–H groups in total. The monoisotopic (exact) mass is 204 g/mol. The van der Waals surface area contributed by atoms with Crippen molar-refractivity contribution in [2.75, 3.05) is 0 Å². The van der Waals surface area contributed by atoms with E-state index in [1.54, 1.807) is 6.21 Å². The minimum Gasteiger partial charge on any atom is -0.369 e. The quantitative estimate of drug-likeness (QED) is 0.431. The molecule has 4 nitrogen and oxygen atoms in total. The number of benzene rings is 1. The molecule has 0 radical (unpaired) electrons. The molecule has 15 heavy (non-hydrogen) atoms. The number of hydrogen-bond donors (Lipinski definition) is 2. The summed E-state index contributed by atoms with van der Waals surface area (Å²) in [6.07, 6.45) is 1.65. The van der Waals surface area contributed by atoms with Crippen LogP contribution in [-0.2, 0) is 0 Å². The van der Waals surface area contributed by atoms with Gasteiger partial charge < -0.3 is 11.5 Å². The van der Waals surface area contributed by atoms with Gasteiger partial charge in [0.05, 0.1) is 6.21 Å². The lowest BCUT2D eigenvalue weighted by atomic mass is 10.0. The minimum atomic E-state index is -0.0345. The molecule has 0 aromatic heterocycles. The maximum absolute atomic E-state index is 5.16. The van der Waals surface area contributed by atoms with Gasteiger partial charge in [0.2, 0.25) is 5.96 Å². The van der Waals surface area contributed by atoms with Gasteiger partial charge in [-0.25, -0.2) is 0 Å². The molecule has 1 aromatic rings. The fraction of sp³-hybridized carbons (Fsp3) is 0.273. The Kier molecular flexibility index (Phi) is 3.44. The summed E-state index contributed by atoms with van der Waals surface area (Å²) in [6.45, 7) is 6.18. The number of rotatable bonds is 2. The van der Waals surface area contributed by atoms with Crippen LogP contribution in [0.1, 0.15) is 22.3 Å². The van der Waals surface area contributed by atoms with Crippen molar-refractivity contribution in [2.45, 2.75) is 20.8 Å². The Hall–Kier alpha value is -1.84. The highest BCUT2D eigenvalue weighted by atomic mass is 15.3. The Bertz CT molecular complexity index is 415. The lowest BCUT2D eigenvalue weighted by Gasteiger charge is -2.04. The number of nitrogens with two attached hydrogens (primary N) is 2. The molecular formula is C11H16N4. The van der Waals surface area contributed by atoms with Gasteiger partial charge in [0.15, 0.2) is 0 Å². The highest BCUT2D eigenvalue weighted by molar-refractivity contribution is 5.83. The summed E-state index contributed by atoms with van der Waals surface area (Å²) in [5.74, 6) is -0.0345. The second kappa shape index (κ2) is 4.59. The molecule has 0 amide bonds. The van der Waals surface area contributed by atoms with Crippen molar-refractivity contribution in [2.24, 2.45) is 21.7 Å². The van der Waals surface area contributed by atoms with E-state index >= 15 is 0 Å². The molecule has 1 rings (SSSR count). The molecule has 0 spiro atoms. The first kappa shape index (κ1) is 11.2. The van der Waals surface area contributed by atoms with Crippen LogP contribution >= 0.6 is 0 Å². The first-order valence-electron chi connectivity index (χ1n) is 4.70. The smallest absolute Gasteiger partial charge is 0.211 e. The molecule has 0 bridgehead atoms. The molecule has 1 aromatic carbocycles. The lowest BCUT2D eigenvalue weighted by molar-refractivity contribution is 1.21. The van der Waals surface area contributed by atoms with Gasteiger partial charge in [-0.05, 0) is 49.1 Å². The fourth-order valence-electron chi connectivity index (χ4n) is 1.28. The number of hydrogen-bond acceptors (Lipinski definition) is 2. The van der Waals surface area contributed by atoms with Crippen molar-refractivity contribution in [3.05, 3.63) is 34.4 Å². The van der Waals surface area contributed by atoms with Crippen LogP contribution in [0.25, 0.3) is 0 Å². The first-order chi connectivity index (χ1) is 7.00. The third-order valence-electron chi connectivity index (χ3n) is 2.25. The van der Waals surface area contributed by atoms with E-state index in [2.05, 4.69) is 36.2 Å². The molecule has 0 aliphatic heterocycles. The molecule has 4 heteroatoms. The van der Waals surface area contributed by atoms with E-state index in [0.717, 1.165) is 11.1 Å². The van der Waals surface area contributed by atoms with Crippen LogP contribution in [0.2, 0.25) is 0 Å². The van der Waals surface area contributed by atoms with Crippen molar-refractivity contribution in [3.63, 3.8) is 0 Å². The molecule has 0 heterocycles. The second-order valence-electron chi connectivity index (χ2n) is 3.56. The third-order valence-corrected chi connectivity index (χ3v) is 2.25. The average Bonchev–Trinajstić information content (AvgIpc) is 2.13. The van der Waals surface area contributed by atoms with Gasteiger partial charge in [-0.1, -0.05) is 6.07 Å². The van der Waals surface area contributed by atoms with Crippen LogP contribution in [0, 0.1) is 20.8 Å². The van der Waals surface area contributed by atoms with Crippen molar-refractivity contribution in [1.29, 1.82) is 0 Å². The summed E-state index contributed by atoms with van der Waals surface area (Å²) in [5, 5.41) is 7.34. The fourth-order valence-corrected chi connectivity index (χ4v) is 1.28. The predicted octanol–water partition coefficient (Wildman–Crippen LogP) is 1.22. The van der Waals surface area contributed by atoms with Gasteiger partial charge in [-0.2, -0.15) is 5.10 Å². The molecule has 0 fully saturated rings. The highest BCUT2D eigenvalue weighted by Crippen LogP contribution is 2.13. The molecular weight excluding hydrogens is 188 g/mol. The van der Waals surface area contributed by atoms with E-state index in [9.17, 15) is 0 Å². The van der Waals surface area contributed by atoms with Crippen LogP contribution < -0.4 is 11.5 Å². The largest absolute Gasteiger partial charge is 0.369 e. The van der Waals surface area contributed by atoms with Gasteiger partial charge in [0, 0.05) is 0 Å². The first-order valence-corrected chi connectivity index (χ1v) is 4.70. The Balaban J connectivity index is 3.01. The third kappa shape index (κ3) is 3.09. The Morgan fingerprint density at radius 1 is 1.07 bits per heavy atom. The average molecular weight is 204 g/mol. The normalized spacial score (nSPS) is 10.6. The SMILES string of the molecule is Cc1cc(C)c(/C=N\N=C(N)N)cc1C. The molecule has 80 valence electrons. The number of guanidine groups is 1. The predicted molar refractivity (Wildman–Crippen MR) is 64.1 cm³/mol. The zero-order chi connectivity index (χ0) is 11.4. The van der Waals surface area contributed by atoms with Crippen LogP contribution in [0.4, 0.5) is 0 Å². The summed E-state index contributed by atoms with van der Waals surface area (Å²) >= 11 is 0. The van der Waals surface area contributed by atoms with Gasteiger partial charge in [-0.15, -0.1) is 5.10 Å². The van der Waals surface area contributed by atoms with Gasteiger partial charge in [-0.3, -0.25) is 0 Å². The van der Waals surface area contributed by atoms with E-state index in [1.807, 2.05) is 6.92 Å². The maximum atomic E-state index is 5.16. The minimum absolute atomic E-state index is 0.0345. The van der Waals surface area contributed by atoms with Crippen LogP contribution in [0.15, 0.2) is 22.3 Å². The zero-order valence-electron chi connectivity index (χ0n) is 9.28. The van der Waals surface area contributed by atoms with Crippen molar-refractivity contribution in [1.82, 2.24) is 0 Å². The van der Waals surface area contributed by atoms with E-state index in [-0.39, 0.29) is 5.96 Å². The zero-order valence-corrected chi connectivity index (χ0v) is 9.28. The van der Waals surface area contributed by atoms with E-state index < -0.39 is 0 Å². The van der Waals surface area contributed by atoms with E-state index in [4.69, 9.17) is 11.5 Å². The summed E-state index contributed by atoms with van der Waals surface area (Å²) in [7, 11) is 0. The van der Waals surface area contributed by atoms with Gasteiger partial charge in [0.1, 0.15) is 0 Å². The van der Waals surface area contributed by atoms with Gasteiger partial charge in [0.25, 0.3) is 0 Å². The molecule has 0 aliphatic rings. The maximum Gasteiger partial charge on any atom is 0.211 e. The van der Waals surface area contributed by atoms with Crippen molar-refractivity contribution < 1.29 is 0 Å². The van der Waals surface area contributed by atoms with Crippen molar-refractivity contribution >= 4 is 12.2 Å². The summed E-state index contributed by atoms with van der Waals surface area (Å²) in [5.41, 5.74) is 15.0.